The van der Waals surface area contributed by atoms with Gasteiger partial charge in [0.05, 0.1) is 0 Å². The Morgan fingerprint density at radius 3 is 3.05 bits per heavy atom. The van der Waals surface area contributed by atoms with E-state index in [2.05, 4.69) is 34.9 Å². The first-order valence-corrected chi connectivity index (χ1v) is 8.07. The highest BCUT2D eigenvalue weighted by atomic mass is 16.5. The Labute approximate surface area is 122 Å². The molecule has 1 N–H and O–H groups in total. The van der Waals surface area contributed by atoms with Crippen molar-refractivity contribution < 1.29 is 4.74 Å². The van der Waals surface area contributed by atoms with E-state index in [0.29, 0.717) is 6.04 Å². The summed E-state index contributed by atoms with van der Waals surface area (Å²) in [5.41, 5.74) is 0. The van der Waals surface area contributed by atoms with Crippen molar-refractivity contribution in [2.45, 2.75) is 59.0 Å². The van der Waals surface area contributed by atoms with E-state index in [0.717, 1.165) is 44.0 Å². The molecule has 4 heteroatoms. The van der Waals surface area contributed by atoms with Crippen molar-refractivity contribution in [2.75, 3.05) is 18.5 Å². The normalized spacial score (nSPS) is 26.6. The third kappa shape index (κ3) is 3.98. The maximum absolute atomic E-state index is 5.40. The van der Waals surface area contributed by atoms with Gasteiger partial charge in [-0.05, 0) is 31.6 Å². The number of hydrogen-bond donors (Lipinski definition) is 1. The van der Waals surface area contributed by atoms with E-state index < -0.39 is 0 Å². The van der Waals surface area contributed by atoms with Crippen LogP contribution in [0.1, 0.15) is 46.5 Å². The molecule has 4 nitrogen and oxygen atoms in total. The number of aromatic nitrogens is 2. The Balaban J connectivity index is 1.87. The van der Waals surface area contributed by atoms with Gasteiger partial charge < -0.3 is 14.6 Å². The third-order valence-corrected chi connectivity index (χ3v) is 4.63. The van der Waals surface area contributed by atoms with Crippen molar-refractivity contribution in [1.29, 1.82) is 0 Å². The summed E-state index contributed by atoms with van der Waals surface area (Å²) in [5, 5.41) is 3.66. The quantitative estimate of drug-likeness (QED) is 0.776. The minimum Gasteiger partial charge on any atom is -0.382 e. The van der Waals surface area contributed by atoms with Gasteiger partial charge in [-0.25, -0.2) is 4.98 Å². The molecule has 1 aromatic rings. The largest absolute Gasteiger partial charge is 0.382 e. The predicted molar refractivity (Wildman–Crippen MR) is 82.9 cm³/mol. The van der Waals surface area contributed by atoms with Gasteiger partial charge in [-0.15, -0.1) is 0 Å². The lowest BCUT2D eigenvalue weighted by atomic mass is 9.78. The van der Waals surface area contributed by atoms with Gasteiger partial charge in [0.15, 0.2) is 0 Å². The lowest BCUT2D eigenvalue weighted by molar-refractivity contribution is 0.141. The zero-order chi connectivity index (χ0) is 14.4. The van der Waals surface area contributed by atoms with Crippen LogP contribution in [0.15, 0.2) is 12.4 Å². The molecule has 1 aliphatic rings. The van der Waals surface area contributed by atoms with Crippen LogP contribution in [-0.2, 0) is 11.3 Å². The second-order valence-electron chi connectivity index (χ2n) is 6.01. The monoisotopic (exact) mass is 279 g/mol. The third-order valence-electron chi connectivity index (χ3n) is 4.63. The van der Waals surface area contributed by atoms with E-state index >= 15 is 0 Å². The molecule has 3 atom stereocenters. The Hall–Kier alpha value is -1.03. The molecule has 0 radical (unpaired) electrons. The first-order valence-electron chi connectivity index (χ1n) is 8.07. The Kier molecular flexibility index (Phi) is 5.89. The smallest absolute Gasteiger partial charge is 0.202 e. The first-order chi connectivity index (χ1) is 9.72. The van der Waals surface area contributed by atoms with E-state index in [1.54, 1.807) is 0 Å². The molecule has 3 unspecified atom stereocenters. The molecule has 114 valence electrons. The summed E-state index contributed by atoms with van der Waals surface area (Å²) < 4.78 is 7.61. The summed E-state index contributed by atoms with van der Waals surface area (Å²) in [6.07, 6.45) is 8.94. The number of imidazole rings is 1. The van der Waals surface area contributed by atoms with Crippen molar-refractivity contribution in [2.24, 2.45) is 11.8 Å². The van der Waals surface area contributed by atoms with E-state index in [1.807, 2.05) is 13.1 Å². The van der Waals surface area contributed by atoms with Crippen LogP contribution in [0.4, 0.5) is 5.95 Å². The molecular formula is C16H29N3O. The molecule has 2 rings (SSSR count). The number of hydrogen-bond acceptors (Lipinski definition) is 3. The van der Waals surface area contributed by atoms with Gasteiger partial charge >= 0.3 is 0 Å². The minimum absolute atomic E-state index is 0.562. The second-order valence-corrected chi connectivity index (χ2v) is 6.01. The molecule has 1 heterocycles. The first kappa shape index (κ1) is 15.4. The molecule has 1 saturated carbocycles. The summed E-state index contributed by atoms with van der Waals surface area (Å²) in [7, 11) is 0. The van der Waals surface area contributed by atoms with E-state index in [-0.39, 0.29) is 0 Å². The molecule has 1 fully saturated rings. The second kappa shape index (κ2) is 7.67. The minimum atomic E-state index is 0.562. The van der Waals surface area contributed by atoms with Crippen molar-refractivity contribution in [3.63, 3.8) is 0 Å². The highest BCUT2D eigenvalue weighted by molar-refractivity contribution is 5.28. The lowest BCUT2D eigenvalue weighted by Gasteiger charge is -2.35. The van der Waals surface area contributed by atoms with Gasteiger partial charge in [0.2, 0.25) is 5.95 Å². The van der Waals surface area contributed by atoms with Gasteiger partial charge in [0.1, 0.15) is 0 Å². The number of anilines is 1. The number of nitrogens with zero attached hydrogens (tertiary/aromatic N) is 2. The van der Waals surface area contributed by atoms with Crippen molar-refractivity contribution >= 4 is 5.95 Å². The van der Waals surface area contributed by atoms with Crippen LogP contribution < -0.4 is 5.32 Å². The van der Waals surface area contributed by atoms with Crippen LogP contribution in [0.3, 0.4) is 0 Å². The number of aryl methyl sites for hydroxylation is 1. The van der Waals surface area contributed by atoms with E-state index in [4.69, 9.17) is 4.74 Å². The van der Waals surface area contributed by atoms with Crippen LogP contribution in [-0.4, -0.2) is 28.8 Å². The van der Waals surface area contributed by atoms with E-state index in [1.165, 1.54) is 19.3 Å². The molecule has 0 aromatic carbocycles. The van der Waals surface area contributed by atoms with Crippen molar-refractivity contribution in [3.8, 4) is 0 Å². The molecule has 0 bridgehead atoms. The van der Waals surface area contributed by atoms with Crippen LogP contribution in [0.2, 0.25) is 0 Å². The summed E-state index contributed by atoms with van der Waals surface area (Å²) in [4.78, 5) is 4.48. The fraction of sp³-hybridized carbons (Fsp3) is 0.812. The van der Waals surface area contributed by atoms with Gasteiger partial charge in [0, 0.05) is 38.2 Å². The van der Waals surface area contributed by atoms with E-state index in [9.17, 15) is 0 Å². The van der Waals surface area contributed by atoms with Gasteiger partial charge in [-0.1, -0.05) is 26.7 Å². The van der Waals surface area contributed by atoms with Crippen molar-refractivity contribution in [3.05, 3.63) is 12.4 Å². The molecule has 20 heavy (non-hydrogen) atoms. The zero-order valence-electron chi connectivity index (χ0n) is 13.1. The average Bonchev–Trinajstić information content (AvgIpc) is 2.87. The summed E-state index contributed by atoms with van der Waals surface area (Å²) in [6, 6.07) is 0.562. The molecule has 0 aliphatic heterocycles. The Morgan fingerprint density at radius 2 is 2.25 bits per heavy atom. The highest BCUT2D eigenvalue weighted by Crippen LogP contribution is 2.31. The highest BCUT2D eigenvalue weighted by Gasteiger charge is 2.27. The van der Waals surface area contributed by atoms with Crippen LogP contribution in [0.5, 0.6) is 0 Å². The lowest BCUT2D eigenvalue weighted by Crippen LogP contribution is -2.35. The van der Waals surface area contributed by atoms with Crippen LogP contribution >= 0.6 is 0 Å². The average molecular weight is 279 g/mol. The summed E-state index contributed by atoms with van der Waals surface area (Å²) in [6.45, 7) is 9.36. The van der Waals surface area contributed by atoms with Gasteiger partial charge in [-0.3, -0.25) is 0 Å². The Morgan fingerprint density at radius 1 is 1.40 bits per heavy atom. The predicted octanol–water partition coefficient (Wildman–Crippen LogP) is 3.55. The SMILES string of the molecule is CCOCCCn1ccnc1NC1CCCC(C)C1C. The van der Waals surface area contributed by atoms with Gasteiger partial charge in [-0.2, -0.15) is 0 Å². The Bertz CT molecular complexity index is 391. The fourth-order valence-electron chi connectivity index (χ4n) is 3.06. The molecule has 0 amide bonds. The molecule has 0 saturated heterocycles. The maximum Gasteiger partial charge on any atom is 0.202 e. The standard InChI is InChI=1S/C16H29N3O/c1-4-20-12-6-10-19-11-9-17-16(19)18-15-8-5-7-13(2)14(15)3/h9,11,13-15H,4-8,10,12H2,1-3H3,(H,17,18). The molecule has 1 aliphatic carbocycles. The fourth-order valence-corrected chi connectivity index (χ4v) is 3.06. The number of rotatable bonds is 7. The molecule has 0 spiro atoms. The number of ether oxygens (including phenoxy) is 1. The number of nitrogens with one attached hydrogen (secondary N) is 1. The molecule has 1 aromatic heterocycles. The van der Waals surface area contributed by atoms with Gasteiger partial charge in [0.25, 0.3) is 0 Å². The van der Waals surface area contributed by atoms with Crippen LogP contribution in [0.25, 0.3) is 0 Å². The maximum atomic E-state index is 5.40. The summed E-state index contributed by atoms with van der Waals surface area (Å²) in [5.74, 6) is 2.55. The van der Waals surface area contributed by atoms with Crippen LogP contribution in [0, 0.1) is 11.8 Å². The zero-order valence-corrected chi connectivity index (χ0v) is 13.1. The molecular weight excluding hydrogens is 250 g/mol. The summed E-state index contributed by atoms with van der Waals surface area (Å²) >= 11 is 0. The topological polar surface area (TPSA) is 39.1 Å². The van der Waals surface area contributed by atoms with Crippen molar-refractivity contribution in [1.82, 2.24) is 9.55 Å².